The molecule has 0 atom stereocenters. The maximum atomic E-state index is 9.76. The van der Waals surface area contributed by atoms with E-state index >= 15 is 0 Å². The van der Waals surface area contributed by atoms with Crippen molar-refractivity contribution in [2.75, 3.05) is 13.2 Å². The minimum absolute atomic E-state index is 0. The van der Waals surface area contributed by atoms with Gasteiger partial charge in [0.2, 0.25) is 20.8 Å². The molecule has 0 fully saturated rings. The van der Waals surface area contributed by atoms with Crippen molar-refractivity contribution >= 4 is 20.8 Å². The molecule has 0 aromatic rings. The Bertz CT molecular complexity index is 360. The molecule has 0 aliphatic rings. The van der Waals surface area contributed by atoms with Gasteiger partial charge in [-0.15, -0.1) is 0 Å². The van der Waals surface area contributed by atoms with Crippen molar-refractivity contribution < 1.29 is 53.8 Å². The summed E-state index contributed by atoms with van der Waals surface area (Å²) in [7, 11) is -8.94. The van der Waals surface area contributed by atoms with Crippen LogP contribution < -0.4 is 0 Å². The van der Waals surface area contributed by atoms with Gasteiger partial charge in [-0.3, -0.25) is 8.37 Å². The molecular formula is C8H18O8S2Zn. The van der Waals surface area contributed by atoms with Crippen molar-refractivity contribution in [1.29, 1.82) is 0 Å². The molecule has 0 aliphatic carbocycles. The van der Waals surface area contributed by atoms with Gasteiger partial charge in [0, 0.05) is 0 Å². The van der Waals surface area contributed by atoms with Crippen LogP contribution in [-0.2, 0) is 48.6 Å². The van der Waals surface area contributed by atoms with Gasteiger partial charge in [-0.05, 0) is 11.8 Å². The molecule has 0 heterocycles. The van der Waals surface area contributed by atoms with Gasteiger partial charge in [0.15, 0.2) is 0 Å². The zero-order valence-electron chi connectivity index (χ0n) is 11.4. The summed E-state index contributed by atoms with van der Waals surface area (Å²) in [5, 5.41) is 0. The number of rotatable bonds is 6. The molecule has 0 saturated heterocycles. The largest absolute Gasteiger partial charge is 2.00 e. The molecule has 112 valence electrons. The molecule has 8 nitrogen and oxygen atoms in total. The standard InChI is InChI=1S/2C4H10O4S.Zn/c2*1-4(2)3-8-9(5,6)7;/h2*4H,3H2,1-2H3,(H,5,6,7);/q;;+2/p-2. The molecule has 19 heavy (non-hydrogen) atoms. The minimum atomic E-state index is -4.47. The third-order valence-corrected chi connectivity index (χ3v) is 1.94. The maximum absolute atomic E-state index is 9.76. The molecule has 11 heteroatoms. The van der Waals surface area contributed by atoms with E-state index in [-0.39, 0.29) is 44.5 Å². The fourth-order valence-electron chi connectivity index (χ4n) is 0.439. The Morgan fingerprint density at radius 1 is 0.789 bits per heavy atom. The predicted molar refractivity (Wildman–Crippen MR) is 61.0 cm³/mol. The van der Waals surface area contributed by atoms with Crippen LogP contribution in [0.25, 0.3) is 0 Å². The molecular weight excluding hydrogens is 354 g/mol. The Morgan fingerprint density at radius 2 is 1.00 bits per heavy atom. The quantitative estimate of drug-likeness (QED) is 0.368. The summed E-state index contributed by atoms with van der Waals surface area (Å²) in [6, 6.07) is 0. The van der Waals surface area contributed by atoms with Gasteiger partial charge in [0.1, 0.15) is 0 Å². The third kappa shape index (κ3) is 32.2. The van der Waals surface area contributed by atoms with E-state index in [4.69, 9.17) is 0 Å². The number of hydrogen-bond donors (Lipinski definition) is 0. The predicted octanol–water partition coefficient (Wildman–Crippen LogP) is 0.236. The first kappa shape index (κ1) is 24.4. The van der Waals surface area contributed by atoms with Crippen molar-refractivity contribution in [2.24, 2.45) is 11.8 Å². The van der Waals surface area contributed by atoms with Crippen LogP contribution in [0.5, 0.6) is 0 Å². The Labute approximate surface area is 127 Å². The van der Waals surface area contributed by atoms with Gasteiger partial charge in [0.25, 0.3) is 0 Å². The van der Waals surface area contributed by atoms with E-state index < -0.39 is 20.8 Å². The van der Waals surface area contributed by atoms with Crippen LogP contribution in [-0.4, -0.2) is 39.2 Å². The molecule has 0 rings (SSSR count). The van der Waals surface area contributed by atoms with Crippen LogP contribution >= 0.6 is 0 Å². The zero-order valence-corrected chi connectivity index (χ0v) is 16.0. The van der Waals surface area contributed by atoms with Crippen molar-refractivity contribution in [3.8, 4) is 0 Å². The summed E-state index contributed by atoms with van der Waals surface area (Å²) < 4.78 is 66.4. The second-order valence-corrected chi connectivity index (χ2v) is 6.28. The molecule has 0 aromatic heterocycles. The summed E-state index contributed by atoms with van der Waals surface area (Å²) in [5.74, 6) is 0.127. The monoisotopic (exact) mass is 370 g/mol. The van der Waals surface area contributed by atoms with E-state index in [1.807, 2.05) is 0 Å². The average Bonchev–Trinajstić information content (AvgIpc) is 2.10. The Balaban J connectivity index is -0.000000256. The smallest absolute Gasteiger partial charge is 0.726 e. The van der Waals surface area contributed by atoms with E-state index in [9.17, 15) is 25.9 Å². The van der Waals surface area contributed by atoms with Crippen molar-refractivity contribution in [3.63, 3.8) is 0 Å². The molecule has 0 unspecified atom stereocenters. The van der Waals surface area contributed by atoms with Gasteiger partial charge in [-0.25, -0.2) is 16.8 Å². The van der Waals surface area contributed by atoms with Crippen LogP contribution in [0.15, 0.2) is 0 Å². The van der Waals surface area contributed by atoms with Gasteiger partial charge >= 0.3 is 19.5 Å². The van der Waals surface area contributed by atoms with Crippen LogP contribution in [0.4, 0.5) is 0 Å². The zero-order chi connectivity index (χ0) is 15.0. The third-order valence-electron chi connectivity index (χ3n) is 1.09. The summed E-state index contributed by atoms with van der Waals surface area (Å²) in [6.45, 7) is 6.95. The van der Waals surface area contributed by atoms with Crippen LogP contribution in [0.2, 0.25) is 0 Å². The van der Waals surface area contributed by atoms with E-state index in [0.717, 1.165) is 0 Å². The average molecular weight is 372 g/mol. The summed E-state index contributed by atoms with van der Waals surface area (Å²) in [4.78, 5) is 0. The Hall–Kier alpha value is 0.363. The minimum Gasteiger partial charge on any atom is -0.726 e. The van der Waals surface area contributed by atoms with Crippen molar-refractivity contribution in [1.82, 2.24) is 0 Å². The summed E-state index contributed by atoms with van der Waals surface area (Å²) >= 11 is 0. The molecule has 0 radical (unpaired) electrons. The first-order valence-corrected chi connectivity index (χ1v) is 7.70. The van der Waals surface area contributed by atoms with E-state index in [0.29, 0.717) is 0 Å². The molecule has 0 saturated carbocycles. The fraction of sp³-hybridized carbons (Fsp3) is 1.00. The van der Waals surface area contributed by atoms with Crippen LogP contribution in [0.3, 0.4) is 0 Å². The van der Waals surface area contributed by atoms with Crippen LogP contribution in [0.1, 0.15) is 27.7 Å². The number of hydrogen-bond acceptors (Lipinski definition) is 8. The molecule has 0 bridgehead atoms. The first-order chi connectivity index (χ1) is 7.83. The van der Waals surface area contributed by atoms with Gasteiger partial charge < -0.3 is 9.11 Å². The molecule has 0 aromatic carbocycles. The normalized spacial score (nSPS) is 11.8. The van der Waals surface area contributed by atoms with Gasteiger partial charge in [0.05, 0.1) is 13.2 Å². The second-order valence-electron chi connectivity index (χ2n) is 4.17. The first-order valence-electron chi connectivity index (χ1n) is 5.04. The Kier molecular flexibility index (Phi) is 14.2. The van der Waals surface area contributed by atoms with E-state index in [2.05, 4.69) is 8.37 Å². The Morgan fingerprint density at radius 3 is 1.05 bits per heavy atom. The molecule has 0 N–H and O–H groups in total. The SMILES string of the molecule is CC(C)COS(=O)(=O)[O-].CC(C)COS(=O)(=O)[O-].[Zn+2]. The van der Waals surface area contributed by atoms with Crippen molar-refractivity contribution in [2.45, 2.75) is 27.7 Å². The van der Waals surface area contributed by atoms with Crippen molar-refractivity contribution in [3.05, 3.63) is 0 Å². The summed E-state index contributed by atoms with van der Waals surface area (Å²) in [5.41, 5.74) is 0. The fourth-order valence-corrected chi connectivity index (χ4v) is 1.32. The van der Waals surface area contributed by atoms with Crippen LogP contribution in [0, 0.1) is 11.8 Å². The van der Waals surface area contributed by atoms with Gasteiger partial charge in [-0.2, -0.15) is 0 Å². The van der Waals surface area contributed by atoms with E-state index in [1.54, 1.807) is 27.7 Å². The molecule has 0 aliphatic heterocycles. The molecule has 0 spiro atoms. The summed E-state index contributed by atoms with van der Waals surface area (Å²) in [6.07, 6.45) is 0. The maximum Gasteiger partial charge on any atom is 2.00 e. The van der Waals surface area contributed by atoms with Gasteiger partial charge in [-0.1, -0.05) is 27.7 Å². The molecule has 0 amide bonds. The van der Waals surface area contributed by atoms with E-state index in [1.165, 1.54) is 0 Å². The topological polar surface area (TPSA) is 133 Å². The second kappa shape index (κ2) is 11.1.